The molecule has 3 heterocycles. The molecule has 92 valence electrons. The third-order valence-electron chi connectivity index (χ3n) is 3.18. The zero-order valence-corrected chi connectivity index (χ0v) is 10.6. The standard InChI is InChI=1S/C9H17N3O2S2/c13-16-4-7(11-5-16)9-12-6(3-15-9)8-10-1-2-14-8/h6-12H,1-5H2. The minimum atomic E-state index is -0.673. The second-order valence-electron chi connectivity index (χ2n) is 4.33. The van der Waals surface area contributed by atoms with Crippen LogP contribution in [0, 0.1) is 0 Å². The van der Waals surface area contributed by atoms with E-state index >= 15 is 0 Å². The Balaban J connectivity index is 1.52. The van der Waals surface area contributed by atoms with Crippen LogP contribution in [0.1, 0.15) is 0 Å². The SMILES string of the molecule is [O-][S+]1CNC(C2NC(C3NCCO3)CS2)C1. The molecule has 0 aliphatic carbocycles. The van der Waals surface area contributed by atoms with Crippen molar-refractivity contribution in [2.45, 2.75) is 23.7 Å². The largest absolute Gasteiger partial charge is 0.615 e. The first-order valence-corrected chi connectivity index (χ1v) is 8.17. The van der Waals surface area contributed by atoms with Crippen LogP contribution in [0.25, 0.3) is 0 Å². The van der Waals surface area contributed by atoms with E-state index in [1.54, 1.807) is 0 Å². The van der Waals surface area contributed by atoms with Crippen molar-refractivity contribution in [3.05, 3.63) is 0 Å². The Kier molecular flexibility index (Phi) is 3.63. The van der Waals surface area contributed by atoms with Gasteiger partial charge in [0, 0.05) is 12.3 Å². The first-order chi connectivity index (χ1) is 7.83. The molecule has 3 N–H and O–H groups in total. The predicted octanol–water partition coefficient (Wildman–Crippen LogP) is -1.36. The topological polar surface area (TPSA) is 68.4 Å². The Hall–Kier alpha value is 0.500. The summed E-state index contributed by atoms with van der Waals surface area (Å²) >= 11 is 1.24. The fraction of sp³-hybridized carbons (Fsp3) is 1.00. The van der Waals surface area contributed by atoms with Crippen LogP contribution in [0.15, 0.2) is 0 Å². The van der Waals surface area contributed by atoms with Crippen LogP contribution < -0.4 is 16.0 Å². The molecule has 5 atom stereocenters. The Bertz CT molecular complexity index is 253. The lowest BCUT2D eigenvalue weighted by atomic mass is 10.2. The fourth-order valence-corrected chi connectivity index (χ4v) is 5.07. The Morgan fingerprint density at radius 2 is 2.25 bits per heavy atom. The molecule has 0 aromatic carbocycles. The summed E-state index contributed by atoms with van der Waals surface area (Å²) in [5.41, 5.74) is 0. The second-order valence-corrected chi connectivity index (χ2v) is 7.01. The van der Waals surface area contributed by atoms with Crippen molar-refractivity contribution in [1.82, 2.24) is 16.0 Å². The van der Waals surface area contributed by atoms with E-state index in [2.05, 4.69) is 16.0 Å². The third kappa shape index (κ3) is 2.35. The molecule has 7 heteroatoms. The van der Waals surface area contributed by atoms with Crippen LogP contribution in [0.3, 0.4) is 0 Å². The van der Waals surface area contributed by atoms with Gasteiger partial charge in [-0.1, -0.05) is 0 Å². The first-order valence-electron chi connectivity index (χ1n) is 5.64. The molecule has 3 saturated heterocycles. The van der Waals surface area contributed by atoms with Crippen LogP contribution in [0.2, 0.25) is 0 Å². The van der Waals surface area contributed by atoms with Gasteiger partial charge < -0.3 is 9.29 Å². The van der Waals surface area contributed by atoms with E-state index in [0.717, 1.165) is 24.7 Å². The Morgan fingerprint density at radius 3 is 2.94 bits per heavy atom. The van der Waals surface area contributed by atoms with Gasteiger partial charge in [0.2, 0.25) is 0 Å². The monoisotopic (exact) mass is 263 g/mol. The van der Waals surface area contributed by atoms with Gasteiger partial charge in [0.05, 0.1) is 24.1 Å². The van der Waals surface area contributed by atoms with Crippen LogP contribution in [-0.2, 0) is 15.9 Å². The number of thioether (sulfide) groups is 1. The zero-order chi connectivity index (χ0) is 11.0. The van der Waals surface area contributed by atoms with Crippen molar-refractivity contribution in [1.29, 1.82) is 0 Å². The Labute approximate surface area is 103 Å². The van der Waals surface area contributed by atoms with E-state index in [-0.39, 0.29) is 6.23 Å². The smallest absolute Gasteiger partial charge is 0.157 e. The molecule has 3 aliphatic heterocycles. The van der Waals surface area contributed by atoms with Gasteiger partial charge >= 0.3 is 0 Å². The van der Waals surface area contributed by atoms with E-state index in [0.29, 0.717) is 23.3 Å². The molecule has 0 saturated carbocycles. The van der Waals surface area contributed by atoms with Crippen molar-refractivity contribution in [3.8, 4) is 0 Å². The fourth-order valence-electron chi connectivity index (χ4n) is 2.34. The quantitative estimate of drug-likeness (QED) is 0.535. The average molecular weight is 263 g/mol. The number of nitrogens with one attached hydrogen (secondary N) is 3. The van der Waals surface area contributed by atoms with Gasteiger partial charge in [-0.2, -0.15) is 0 Å². The molecule has 0 radical (unpaired) electrons. The average Bonchev–Trinajstić information content (AvgIpc) is 2.97. The lowest BCUT2D eigenvalue weighted by Gasteiger charge is -2.20. The molecular formula is C9H17N3O2S2. The van der Waals surface area contributed by atoms with Crippen LogP contribution in [0.5, 0.6) is 0 Å². The van der Waals surface area contributed by atoms with Crippen molar-refractivity contribution < 1.29 is 9.29 Å². The van der Waals surface area contributed by atoms with Crippen LogP contribution >= 0.6 is 11.8 Å². The third-order valence-corrected chi connectivity index (χ3v) is 5.78. The summed E-state index contributed by atoms with van der Waals surface area (Å²) < 4.78 is 16.9. The predicted molar refractivity (Wildman–Crippen MR) is 65.7 cm³/mol. The number of rotatable bonds is 2. The van der Waals surface area contributed by atoms with Gasteiger partial charge in [0.1, 0.15) is 12.0 Å². The lowest BCUT2D eigenvalue weighted by molar-refractivity contribution is 0.0757. The van der Waals surface area contributed by atoms with Gasteiger partial charge in [-0.15, -0.1) is 11.8 Å². The maximum atomic E-state index is 11.3. The van der Waals surface area contributed by atoms with Crippen LogP contribution in [-0.4, -0.2) is 58.8 Å². The van der Waals surface area contributed by atoms with E-state index < -0.39 is 11.2 Å². The minimum Gasteiger partial charge on any atom is -0.615 e. The maximum absolute atomic E-state index is 11.3. The number of hydrogen-bond acceptors (Lipinski definition) is 6. The lowest BCUT2D eigenvalue weighted by Crippen LogP contribution is -2.50. The van der Waals surface area contributed by atoms with E-state index in [1.165, 1.54) is 0 Å². The summed E-state index contributed by atoms with van der Waals surface area (Å²) in [6, 6.07) is 0.727. The summed E-state index contributed by atoms with van der Waals surface area (Å²) in [7, 11) is 0. The minimum absolute atomic E-state index is 0.157. The van der Waals surface area contributed by atoms with Crippen LogP contribution in [0.4, 0.5) is 0 Å². The molecule has 3 rings (SSSR count). The highest BCUT2D eigenvalue weighted by Gasteiger charge is 2.40. The summed E-state index contributed by atoms with van der Waals surface area (Å²) in [4.78, 5) is 0. The summed E-state index contributed by atoms with van der Waals surface area (Å²) in [5.74, 6) is 2.48. The van der Waals surface area contributed by atoms with E-state index in [9.17, 15) is 4.55 Å². The molecule has 0 amide bonds. The van der Waals surface area contributed by atoms with Crippen molar-refractivity contribution >= 4 is 22.9 Å². The highest BCUT2D eigenvalue weighted by Crippen LogP contribution is 2.26. The number of hydrogen-bond donors (Lipinski definition) is 3. The molecular weight excluding hydrogens is 246 g/mol. The first kappa shape index (κ1) is 11.6. The molecule has 3 fully saturated rings. The Morgan fingerprint density at radius 1 is 1.31 bits per heavy atom. The summed E-state index contributed by atoms with van der Waals surface area (Å²) in [6.45, 7) is 1.76. The molecule has 0 aromatic heterocycles. The molecule has 3 aliphatic rings. The highest BCUT2D eigenvalue weighted by atomic mass is 32.2. The van der Waals surface area contributed by atoms with Crippen molar-refractivity contribution in [3.63, 3.8) is 0 Å². The van der Waals surface area contributed by atoms with Gasteiger partial charge in [-0.3, -0.25) is 16.0 Å². The molecule has 0 spiro atoms. The molecule has 0 bridgehead atoms. The summed E-state index contributed by atoms with van der Waals surface area (Å²) in [5, 5.41) is 10.6. The normalized spacial score (nSPS) is 48.9. The number of ether oxygens (including phenoxy) is 1. The van der Waals surface area contributed by atoms with Gasteiger partial charge in [0.15, 0.2) is 5.88 Å². The molecule has 5 unspecified atom stereocenters. The van der Waals surface area contributed by atoms with Gasteiger partial charge in [0.25, 0.3) is 0 Å². The molecule has 0 aromatic rings. The summed E-state index contributed by atoms with van der Waals surface area (Å²) in [6.07, 6.45) is 0.157. The van der Waals surface area contributed by atoms with Gasteiger partial charge in [-0.05, 0) is 11.2 Å². The molecule has 5 nitrogen and oxygen atoms in total. The van der Waals surface area contributed by atoms with Gasteiger partial charge in [-0.25, -0.2) is 0 Å². The highest BCUT2D eigenvalue weighted by molar-refractivity contribution is 8.00. The van der Waals surface area contributed by atoms with Crippen molar-refractivity contribution in [2.75, 3.05) is 30.5 Å². The second kappa shape index (κ2) is 5.01. The van der Waals surface area contributed by atoms with E-state index in [4.69, 9.17) is 4.74 Å². The molecule has 16 heavy (non-hydrogen) atoms. The zero-order valence-electron chi connectivity index (χ0n) is 8.98. The van der Waals surface area contributed by atoms with Crippen molar-refractivity contribution in [2.24, 2.45) is 0 Å². The van der Waals surface area contributed by atoms with E-state index in [1.807, 2.05) is 11.8 Å². The maximum Gasteiger partial charge on any atom is 0.157 e.